The number of benzene rings is 1. The zero-order chi connectivity index (χ0) is 17.9. The van der Waals surface area contributed by atoms with E-state index in [4.69, 9.17) is 27.9 Å². The fraction of sp³-hybridized carbons (Fsp3) is 0.611. The van der Waals surface area contributed by atoms with E-state index in [1.165, 1.54) is 0 Å². The lowest BCUT2D eigenvalue weighted by atomic mass is 10.0. The molecule has 0 aliphatic carbocycles. The molecule has 1 heterocycles. The minimum Gasteiger partial charge on any atom is -0.444 e. The van der Waals surface area contributed by atoms with Gasteiger partial charge in [0.05, 0.1) is 0 Å². The Hall–Kier alpha value is -0.970. The quantitative estimate of drug-likeness (QED) is 0.807. The first-order valence-corrected chi connectivity index (χ1v) is 9.10. The SMILES string of the molecule is CC(NC1CCN(C(=O)OC(C)(C)C)CC1)c1cc(Cl)ccc1Cl. The third-order valence-electron chi connectivity index (χ3n) is 4.06. The molecule has 1 aromatic rings. The number of nitrogens with one attached hydrogen (secondary N) is 1. The second-order valence-corrected chi connectivity index (χ2v) is 8.14. The number of nitrogens with zero attached hydrogens (tertiary/aromatic N) is 1. The molecule has 1 aliphatic heterocycles. The number of rotatable bonds is 3. The van der Waals surface area contributed by atoms with Crippen molar-refractivity contribution in [3.63, 3.8) is 0 Å². The van der Waals surface area contributed by atoms with Crippen LogP contribution in [0.15, 0.2) is 18.2 Å². The third-order valence-corrected chi connectivity index (χ3v) is 4.64. The van der Waals surface area contributed by atoms with E-state index in [0.29, 0.717) is 29.2 Å². The highest BCUT2D eigenvalue weighted by Gasteiger charge is 2.27. The van der Waals surface area contributed by atoms with Crippen LogP contribution in [0, 0.1) is 0 Å². The normalized spacial score (nSPS) is 17.7. The molecule has 1 aliphatic rings. The number of carbonyl (C=O) groups excluding carboxylic acids is 1. The summed E-state index contributed by atoms with van der Waals surface area (Å²) in [4.78, 5) is 13.9. The molecular formula is C18H26Cl2N2O2. The van der Waals surface area contributed by atoms with Gasteiger partial charge in [-0.05, 0) is 64.3 Å². The summed E-state index contributed by atoms with van der Waals surface area (Å²) in [6.07, 6.45) is 1.55. The van der Waals surface area contributed by atoms with Gasteiger partial charge in [-0.25, -0.2) is 4.79 Å². The average molecular weight is 373 g/mol. The Balaban J connectivity index is 1.86. The van der Waals surface area contributed by atoms with E-state index in [1.807, 2.05) is 32.9 Å². The standard InChI is InChI=1S/C18H26Cl2N2O2/c1-12(15-11-13(19)5-6-16(15)20)21-14-7-9-22(10-8-14)17(23)24-18(2,3)4/h5-6,11-12,14,21H,7-10H2,1-4H3. The van der Waals surface area contributed by atoms with Gasteiger partial charge in [-0.2, -0.15) is 0 Å². The lowest BCUT2D eigenvalue weighted by molar-refractivity contribution is 0.0196. The second kappa shape index (κ2) is 7.94. The van der Waals surface area contributed by atoms with Crippen LogP contribution in [0.2, 0.25) is 10.0 Å². The maximum Gasteiger partial charge on any atom is 0.410 e. The van der Waals surface area contributed by atoms with Gasteiger partial charge in [-0.3, -0.25) is 0 Å². The van der Waals surface area contributed by atoms with Gasteiger partial charge >= 0.3 is 6.09 Å². The summed E-state index contributed by atoms with van der Waals surface area (Å²) in [5, 5.41) is 4.99. The number of amides is 1. The molecule has 0 spiro atoms. The highest BCUT2D eigenvalue weighted by molar-refractivity contribution is 6.33. The molecule has 134 valence electrons. The molecule has 1 saturated heterocycles. The van der Waals surface area contributed by atoms with Gasteiger partial charge < -0.3 is 15.0 Å². The van der Waals surface area contributed by atoms with Crippen molar-refractivity contribution in [2.75, 3.05) is 13.1 Å². The average Bonchev–Trinajstić information content (AvgIpc) is 2.48. The first kappa shape index (κ1) is 19.4. The zero-order valence-corrected chi connectivity index (χ0v) is 16.2. The summed E-state index contributed by atoms with van der Waals surface area (Å²) in [5.41, 5.74) is 0.544. The van der Waals surface area contributed by atoms with E-state index in [9.17, 15) is 4.79 Å². The van der Waals surface area contributed by atoms with E-state index < -0.39 is 5.60 Å². The van der Waals surface area contributed by atoms with Crippen LogP contribution >= 0.6 is 23.2 Å². The van der Waals surface area contributed by atoms with Crippen molar-refractivity contribution in [1.29, 1.82) is 0 Å². The smallest absolute Gasteiger partial charge is 0.410 e. The van der Waals surface area contributed by atoms with Crippen LogP contribution in [0.25, 0.3) is 0 Å². The van der Waals surface area contributed by atoms with E-state index in [-0.39, 0.29) is 12.1 Å². The zero-order valence-electron chi connectivity index (χ0n) is 14.7. The Morgan fingerprint density at radius 2 is 1.92 bits per heavy atom. The Kier molecular flexibility index (Phi) is 6.40. The minimum absolute atomic E-state index is 0.106. The van der Waals surface area contributed by atoms with Crippen molar-refractivity contribution < 1.29 is 9.53 Å². The Bertz CT molecular complexity index is 579. The molecule has 1 atom stereocenters. The highest BCUT2D eigenvalue weighted by atomic mass is 35.5. The number of halogens is 2. The van der Waals surface area contributed by atoms with Crippen LogP contribution in [0.4, 0.5) is 4.79 Å². The molecule has 0 radical (unpaired) electrons. The van der Waals surface area contributed by atoms with Gasteiger partial charge in [0.1, 0.15) is 5.60 Å². The first-order valence-electron chi connectivity index (χ1n) is 8.34. The summed E-state index contributed by atoms with van der Waals surface area (Å²) in [7, 11) is 0. The molecule has 0 saturated carbocycles. The predicted octanol–water partition coefficient (Wildman–Crippen LogP) is 5.04. The maximum atomic E-state index is 12.1. The van der Waals surface area contributed by atoms with Crippen LogP contribution < -0.4 is 5.32 Å². The number of hydrogen-bond acceptors (Lipinski definition) is 3. The van der Waals surface area contributed by atoms with E-state index in [1.54, 1.807) is 11.0 Å². The second-order valence-electron chi connectivity index (χ2n) is 7.30. The summed E-state index contributed by atoms with van der Waals surface area (Å²) >= 11 is 12.3. The van der Waals surface area contributed by atoms with Crippen LogP contribution in [-0.4, -0.2) is 35.7 Å². The number of hydrogen-bond donors (Lipinski definition) is 1. The molecular weight excluding hydrogens is 347 g/mol. The fourth-order valence-electron chi connectivity index (χ4n) is 2.84. The Morgan fingerprint density at radius 1 is 1.29 bits per heavy atom. The van der Waals surface area contributed by atoms with Crippen LogP contribution in [0.3, 0.4) is 0 Å². The largest absolute Gasteiger partial charge is 0.444 e. The number of piperidine rings is 1. The maximum absolute atomic E-state index is 12.1. The molecule has 1 unspecified atom stereocenters. The van der Waals surface area contributed by atoms with E-state index >= 15 is 0 Å². The van der Waals surface area contributed by atoms with Crippen LogP contribution in [0.5, 0.6) is 0 Å². The van der Waals surface area contributed by atoms with Gasteiger partial charge in [0.2, 0.25) is 0 Å². The molecule has 24 heavy (non-hydrogen) atoms. The molecule has 0 aromatic heterocycles. The molecule has 2 rings (SSSR count). The summed E-state index contributed by atoms with van der Waals surface area (Å²) in [6, 6.07) is 5.96. The molecule has 4 nitrogen and oxygen atoms in total. The van der Waals surface area contributed by atoms with Crippen molar-refractivity contribution in [3.8, 4) is 0 Å². The van der Waals surface area contributed by atoms with Gasteiger partial charge in [-0.15, -0.1) is 0 Å². The van der Waals surface area contributed by atoms with Gasteiger partial charge in [0.25, 0.3) is 0 Å². The van der Waals surface area contributed by atoms with Gasteiger partial charge in [0.15, 0.2) is 0 Å². The van der Waals surface area contributed by atoms with E-state index in [2.05, 4.69) is 12.2 Å². The lowest BCUT2D eigenvalue weighted by Crippen LogP contribution is -2.47. The van der Waals surface area contributed by atoms with Gasteiger partial charge in [-0.1, -0.05) is 23.2 Å². The molecule has 1 aromatic carbocycles. The van der Waals surface area contributed by atoms with Crippen molar-refractivity contribution in [2.24, 2.45) is 0 Å². The number of carbonyl (C=O) groups is 1. The number of likely N-dealkylation sites (tertiary alicyclic amines) is 1. The van der Waals surface area contributed by atoms with Crippen LogP contribution in [-0.2, 0) is 4.74 Å². The van der Waals surface area contributed by atoms with Crippen molar-refractivity contribution >= 4 is 29.3 Å². The third kappa shape index (κ3) is 5.54. The Morgan fingerprint density at radius 3 is 2.50 bits per heavy atom. The summed E-state index contributed by atoms with van der Waals surface area (Å²) in [5.74, 6) is 0. The lowest BCUT2D eigenvalue weighted by Gasteiger charge is -2.35. The predicted molar refractivity (Wildman–Crippen MR) is 98.8 cm³/mol. The highest BCUT2D eigenvalue weighted by Crippen LogP contribution is 2.27. The topological polar surface area (TPSA) is 41.6 Å². The van der Waals surface area contributed by atoms with Crippen molar-refractivity contribution in [2.45, 2.75) is 58.2 Å². The molecule has 1 fully saturated rings. The van der Waals surface area contributed by atoms with Crippen LogP contribution in [0.1, 0.15) is 52.1 Å². The van der Waals surface area contributed by atoms with Crippen molar-refractivity contribution in [1.82, 2.24) is 10.2 Å². The molecule has 1 N–H and O–H groups in total. The number of ether oxygens (including phenoxy) is 1. The Labute approximate surface area is 154 Å². The van der Waals surface area contributed by atoms with Crippen molar-refractivity contribution in [3.05, 3.63) is 33.8 Å². The summed E-state index contributed by atoms with van der Waals surface area (Å²) in [6.45, 7) is 9.13. The van der Waals surface area contributed by atoms with Gasteiger partial charge in [0, 0.05) is 35.2 Å². The fourth-order valence-corrected chi connectivity index (χ4v) is 3.31. The minimum atomic E-state index is -0.454. The molecule has 6 heteroatoms. The molecule has 1 amide bonds. The van der Waals surface area contributed by atoms with E-state index in [0.717, 1.165) is 18.4 Å². The summed E-state index contributed by atoms with van der Waals surface area (Å²) < 4.78 is 5.43. The monoisotopic (exact) mass is 372 g/mol. The molecule has 0 bridgehead atoms. The first-order chi connectivity index (χ1) is 11.2.